The Labute approximate surface area is 128 Å². The van der Waals surface area contributed by atoms with Crippen LogP contribution in [0.3, 0.4) is 0 Å². The van der Waals surface area contributed by atoms with Crippen molar-refractivity contribution in [2.45, 2.75) is 26.9 Å². The summed E-state index contributed by atoms with van der Waals surface area (Å²) in [6.45, 7) is 5.17. The summed E-state index contributed by atoms with van der Waals surface area (Å²) in [5, 5.41) is 0. The van der Waals surface area contributed by atoms with E-state index in [1.54, 1.807) is 0 Å². The number of benzene rings is 1. The van der Waals surface area contributed by atoms with Gasteiger partial charge in [0, 0.05) is 0 Å². The van der Waals surface area contributed by atoms with Gasteiger partial charge >= 0.3 is 0 Å². The third kappa shape index (κ3) is 3.38. The summed E-state index contributed by atoms with van der Waals surface area (Å²) >= 11 is 3.51. The molecule has 0 bridgehead atoms. The molecule has 0 saturated carbocycles. The van der Waals surface area contributed by atoms with Gasteiger partial charge in [0.2, 0.25) is 0 Å². The molecule has 20 heavy (non-hydrogen) atoms. The molecule has 2 N–H and O–H groups in total. The second kappa shape index (κ2) is 6.86. The van der Waals surface area contributed by atoms with E-state index in [1.165, 1.54) is 0 Å². The van der Waals surface area contributed by atoms with Crippen LogP contribution in [0.4, 0.5) is 0 Å². The summed E-state index contributed by atoms with van der Waals surface area (Å²) in [6, 6.07) is 10.1. The Balaban J connectivity index is 2.25. The minimum Gasteiger partial charge on any atom is -0.487 e. The maximum atomic E-state index is 5.97. The van der Waals surface area contributed by atoms with E-state index >= 15 is 0 Å². The normalized spacial score (nSPS) is 10.6. The van der Waals surface area contributed by atoms with Crippen molar-refractivity contribution in [3.63, 3.8) is 0 Å². The molecule has 2 aromatic rings. The van der Waals surface area contributed by atoms with Crippen molar-refractivity contribution in [1.29, 1.82) is 0 Å². The van der Waals surface area contributed by atoms with Gasteiger partial charge in [-0.2, -0.15) is 0 Å². The number of nitrogens with two attached hydrogens (primary N) is 1. The summed E-state index contributed by atoms with van der Waals surface area (Å²) < 4.78 is 6.84. The van der Waals surface area contributed by atoms with Crippen LogP contribution in [0.5, 0.6) is 5.75 Å². The van der Waals surface area contributed by atoms with E-state index in [-0.39, 0.29) is 0 Å². The fraction of sp³-hybridized carbons (Fsp3) is 0.312. The first-order valence-electron chi connectivity index (χ1n) is 6.66. The molecule has 106 valence electrons. The summed E-state index contributed by atoms with van der Waals surface area (Å²) in [6.07, 6.45) is 0.793. The Bertz CT molecular complexity index is 585. The van der Waals surface area contributed by atoms with Crippen LogP contribution in [0.2, 0.25) is 0 Å². The van der Waals surface area contributed by atoms with E-state index in [1.807, 2.05) is 25.1 Å². The number of hydrogen-bond donors (Lipinski definition) is 1. The number of ether oxygens (including phenoxy) is 1. The molecule has 1 heterocycles. The molecule has 1 aromatic carbocycles. The van der Waals surface area contributed by atoms with Gasteiger partial charge in [-0.1, -0.05) is 30.3 Å². The lowest BCUT2D eigenvalue weighted by Gasteiger charge is -2.16. The van der Waals surface area contributed by atoms with Crippen LogP contribution in [-0.4, -0.2) is 11.5 Å². The number of aryl methyl sites for hydroxylation is 1. The van der Waals surface area contributed by atoms with Gasteiger partial charge in [0.05, 0.1) is 5.69 Å². The smallest absolute Gasteiger partial charge is 0.144 e. The van der Waals surface area contributed by atoms with Crippen molar-refractivity contribution in [3.8, 4) is 5.75 Å². The van der Waals surface area contributed by atoms with E-state index in [9.17, 15) is 0 Å². The molecule has 0 aliphatic rings. The molecule has 1 aromatic heterocycles. The molecule has 2 rings (SSSR count). The molecule has 0 amide bonds. The minimum absolute atomic E-state index is 0.550. The van der Waals surface area contributed by atoms with Crippen molar-refractivity contribution in [2.75, 3.05) is 6.54 Å². The topological polar surface area (TPSA) is 48.1 Å². The maximum Gasteiger partial charge on any atom is 0.144 e. The van der Waals surface area contributed by atoms with Gasteiger partial charge < -0.3 is 10.5 Å². The van der Waals surface area contributed by atoms with E-state index in [0.29, 0.717) is 13.2 Å². The molecule has 3 nitrogen and oxygen atoms in total. The fourth-order valence-corrected chi connectivity index (χ4v) is 2.97. The van der Waals surface area contributed by atoms with Crippen LogP contribution >= 0.6 is 15.9 Å². The van der Waals surface area contributed by atoms with Crippen molar-refractivity contribution in [2.24, 2.45) is 5.73 Å². The predicted octanol–water partition coefficient (Wildman–Crippen LogP) is 3.54. The van der Waals surface area contributed by atoms with Gasteiger partial charge in [-0.3, -0.25) is 0 Å². The second-order valence-corrected chi connectivity index (χ2v) is 5.48. The third-order valence-corrected chi connectivity index (χ3v) is 3.91. The maximum absolute atomic E-state index is 5.97. The highest BCUT2D eigenvalue weighted by atomic mass is 79.9. The third-order valence-electron chi connectivity index (χ3n) is 3.26. The van der Waals surface area contributed by atoms with Gasteiger partial charge in [-0.05, 0) is 59.4 Å². The van der Waals surface area contributed by atoms with E-state index in [4.69, 9.17) is 10.5 Å². The lowest BCUT2D eigenvalue weighted by Crippen LogP contribution is -2.09. The monoisotopic (exact) mass is 334 g/mol. The van der Waals surface area contributed by atoms with Crippen LogP contribution in [-0.2, 0) is 13.0 Å². The number of pyridine rings is 1. The Kier molecular flexibility index (Phi) is 5.15. The van der Waals surface area contributed by atoms with Crippen LogP contribution < -0.4 is 10.5 Å². The van der Waals surface area contributed by atoms with Gasteiger partial charge in [0.1, 0.15) is 17.0 Å². The molecule has 0 atom stereocenters. The molecular weight excluding hydrogens is 316 g/mol. The van der Waals surface area contributed by atoms with Crippen LogP contribution in [0.1, 0.15) is 22.4 Å². The lowest BCUT2D eigenvalue weighted by atomic mass is 10.1. The van der Waals surface area contributed by atoms with Crippen LogP contribution in [0, 0.1) is 13.8 Å². The molecule has 0 spiro atoms. The van der Waals surface area contributed by atoms with E-state index < -0.39 is 0 Å². The predicted molar refractivity (Wildman–Crippen MR) is 84.9 cm³/mol. The van der Waals surface area contributed by atoms with Crippen LogP contribution in [0.25, 0.3) is 0 Å². The average molecular weight is 335 g/mol. The molecular formula is C16H19BrN2O. The SMILES string of the molecule is Cc1nc(Br)c(CCN)c(C)c1OCc1ccccc1. The molecule has 0 saturated heterocycles. The van der Waals surface area contributed by atoms with Crippen molar-refractivity contribution in [1.82, 2.24) is 4.98 Å². The Morgan fingerprint density at radius 3 is 2.55 bits per heavy atom. The molecule has 4 heteroatoms. The first kappa shape index (κ1) is 15.0. The fourth-order valence-electron chi connectivity index (χ4n) is 2.21. The first-order chi connectivity index (χ1) is 9.63. The highest BCUT2D eigenvalue weighted by Gasteiger charge is 2.14. The Hall–Kier alpha value is -1.39. The average Bonchev–Trinajstić information content (AvgIpc) is 2.44. The van der Waals surface area contributed by atoms with Gasteiger partial charge in [0.15, 0.2) is 0 Å². The summed E-state index contributed by atoms with van der Waals surface area (Å²) in [5.74, 6) is 0.862. The van der Waals surface area contributed by atoms with Gasteiger partial charge in [-0.25, -0.2) is 4.98 Å². The number of rotatable bonds is 5. The zero-order valence-corrected chi connectivity index (χ0v) is 13.4. The van der Waals surface area contributed by atoms with E-state index in [2.05, 4.69) is 40.0 Å². The van der Waals surface area contributed by atoms with E-state index in [0.717, 1.165) is 39.2 Å². The lowest BCUT2D eigenvalue weighted by molar-refractivity contribution is 0.299. The second-order valence-electron chi connectivity index (χ2n) is 4.73. The number of aromatic nitrogens is 1. The summed E-state index contributed by atoms with van der Waals surface area (Å²) in [4.78, 5) is 4.50. The highest BCUT2D eigenvalue weighted by Crippen LogP contribution is 2.30. The Morgan fingerprint density at radius 2 is 1.90 bits per heavy atom. The standard InChI is InChI=1S/C16H19BrN2O/c1-11-14(8-9-18)16(17)19-12(2)15(11)20-10-13-6-4-3-5-7-13/h3-7H,8-10,18H2,1-2H3. The zero-order chi connectivity index (χ0) is 14.5. The Morgan fingerprint density at radius 1 is 1.20 bits per heavy atom. The quantitative estimate of drug-likeness (QED) is 0.850. The summed E-state index contributed by atoms with van der Waals surface area (Å²) in [5.41, 5.74) is 9.95. The molecule has 0 unspecified atom stereocenters. The van der Waals surface area contributed by atoms with Gasteiger partial charge in [-0.15, -0.1) is 0 Å². The largest absolute Gasteiger partial charge is 0.487 e. The highest BCUT2D eigenvalue weighted by molar-refractivity contribution is 9.10. The zero-order valence-electron chi connectivity index (χ0n) is 11.8. The van der Waals surface area contributed by atoms with Crippen LogP contribution in [0.15, 0.2) is 34.9 Å². The number of hydrogen-bond acceptors (Lipinski definition) is 3. The van der Waals surface area contributed by atoms with Gasteiger partial charge in [0.25, 0.3) is 0 Å². The van der Waals surface area contributed by atoms with Crippen molar-refractivity contribution >= 4 is 15.9 Å². The van der Waals surface area contributed by atoms with Crippen molar-refractivity contribution < 1.29 is 4.74 Å². The van der Waals surface area contributed by atoms with Crippen molar-refractivity contribution in [3.05, 3.63) is 57.3 Å². The molecule has 0 fully saturated rings. The minimum atomic E-state index is 0.550. The molecule has 0 aliphatic carbocycles. The molecule has 0 radical (unpaired) electrons. The summed E-state index contributed by atoms with van der Waals surface area (Å²) in [7, 11) is 0. The first-order valence-corrected chi connectivity index (χ1v) is 7.45. The number of nitrogens with zero attached hydrogens (tertiary/aromatic N) is 1. The molecule has 0 aliphatic heterocycles. The number of halogens is 1.